The molecule has 0 amide bonds. The van der Waals surface area contributed by atoms with Crippen LogP contribution in [0.2, 0.25) is 0 Å². The van der Waals surface area contributed by atoms with Crippen molar-refractivity contribution in [1.29, 1.82) is 5.26 Å². The van der Waals surface area contributed by atoms with Crippen LogP contribution < -0.4 is 9.47 Å². The van der Waals surface area contributed by atoms with Gasteiger partial charge < -0.3 is 14.6 Å². The number of hydrogen-bond donors (Lipinski definition) is 1. The summed E-state index contributed by atoms with van der Waals surface area (Å²) in [6.07, 6.45) is 3.11. The van der Waals surface area contributed by atoms with E-state index in [0.717, 1.165) is 0 Å². The highest BCUT2D eigenvalue weighted by atomic mass is 16.5. The number of fused-ring (bicyclic) bond motifs is 1. The second kappa shape index (κ2) is 4.78. The SMILES string of the molecule is COc1cc(OCC(C)(C)O)cn2ncc(C#N)c12. The summed E-state index contributed by atoms with van der Waals surface area (Å²) in [5, 5.41) is 22.7. The first-order valence-corrected chi connectivity index (χ1v) is 5.75. The van der Waals surface area contributed by atoms with Gasteiger partial charge in [0, 0.05) is 6.07 Å². The van der Waals surface area contributed by atoms with Gasteiger partial charge in [-0.3, -0.25) is 0 Å². The molecule has 6 heteroatoms. The summed E-state index contributed by atoms with van der Waals surface area (Å²) in [6.45, 7) is 3.46. The fraction of sp³-hybridized carbons (Fsp3) is 0.385. The second-order valence-electron chi connectivity index (χ2n) is 4.81. The monoisotopic (exact) mass is 261 g/mol. The number of hydrogen-bond acceptors (Lipinski definition) is 5. The van der Waals surface area contributed by atoms with E-state index < -0.39 is 5.60 Å². The van der Waals surface area contributed by atoms with Gasteiger partial charge in [-0.25, -0.2) is 4.52 Å². The van der Waals surface area contributed by atoms with Crippen LogP contribution in [-0.2, 0) is 0 Å². The van der Waals surface area contributed by atoms with Crippen molar-refractivity contribution in [3.8, 4) is 17.6 Å². The van der Waals surface area contributed by atoms with Crippen molar-refractivity contribution in [3.63, 3.8) is 0 Å². The summed E-state index contributed by atoms with van der Waals surface area (Å²) >= 11 is 0. The molecule has 1 N–H and O–H groups in total. The number of rotatable bonds is 4. The van der Waals surface area contributed by atoms with Crippen LogP contribution in [0.5, 0.6) is 11.5 Å². The minimum absolute atomic E-state index is 0.147. The maximum Gasteiger partial charge on any atom is 0.149 e. The lowest BCUT2D eigenvalue weighted by Gasteiger charge is -2.18. The Labute approximate surface area is 110 Å². The van der Waals surface area contributed by atoms with Gasteiger partial charge in [0.15, 0.2) is 0 Å². The van der Waals surface area contributed by atoms with E-state index in [2.05, 4.69) is 11.2 Å². The highest BCUT2D eigenvalue weighted by molar-refractivity contribution is 5.70. The number of ether oxygens (including phenoxy) is 2. The Hall–Kier alpha value is -2.26. The first kappa shape index (κ1) is 13.2. The van der Waals surface area contributed by atoms with Gasteiger partial charge in [0.1, 0.15) is 35.3 Å². The lowest BCUT2D eigenvalue weighted by atomic mass is 10.2. The van der Waals surface area contributed by atoms with Crippen molar-refractivity contribution in [2.24, 2.45) is 0 Å². The molecule has 2 aromatic rings. The maximum atomic E-state index is 9.64. The summed E-state index contributed by atoms with van der Waals surface area (Å²) in [6, 6.07) is 3.73. The Morgan fingerprint density at radius 1 is 1.53 bits per heavy atom. The molecule has 2 heterocycles. The van der Waals surface area contributed by atoms with Gasteiger partial charge in [0.2, 0.25) is 0 Å². The molecule has 2 rings (SSSR count). The first-order chi connectivity index (χ1) is 8.94. The van der Waals surface area contributed by atoms with Crippen LogP contribution in [0.3, 0.4) is 0 Å². The summed E-state index contributed by atoms with van der Waals surface area (Å²) in [5.74, 6) is 1.02. The van der Waals surface area contributed by atoms with Gasteiger partial charge >= 0.3 is 0 Å². The fourth-order valence-corrected chi connectivity index (χ4v) is 1.64. The van der Waals surface area contributed by atoms with Crippen molar-refractivity contribution in [1.82, 2.24) is 9.61 Å². The summed E-state index contributed by atoms with van der Waals surface area (Å²) < 4.78 is 12.3. The normalized spacial score (nSPS) is 11.3. The zero-order valence-electron chi connectivity index (χ0n) is 11.0. The summed E-state index contributed by atoms with van der Waals surface area (Å²) in [7, 11) is 1.52. The molecule has 0 aliphatic heterocycles. The van der Waals surface area contributed by atoms with E-state index in [1.54, 1.807) is 26.1 Å². The van der Waals surface area contributed by atoms with Crippen molar-refractivity contribution < 1.29 is 14.6 Å². The second-order valence-corrected chi connectivity index (χ2v) is 4.81. The van der Waals surface area contributed by atoms with Crippen LogP contribution in [0.1, 0.15) is 19.4 Å². The first-order valence-electron chi connectivity index (χ1n) is 5.75. The van der Waals surface area contributed by atoms with Crippen molar-refractivity contribution in [2.75, 3.05) is 13.7 Å². The standard InChI is InChI=1S/C13H15N3O3/c1-13(2,17)8-19-10-4-11(18-3)12-9(5-14)6-15-16(12)7-10/h4,6-7,17H,8H2,1-3H3. The largest absolute Gasteiger partial charge is 0.494 e. The van der Waals surface area contributed by atoms with Gasteiger partial charge in [-0.15, -0.1) is 0 Å². The number of nitriles is 1. The van der Waals surface area contributed by atoms with E-state index in [9.17, 15) is 5.11 Å². The van der Waals surface area contributed by atoms with Gasteiger partial charge in [-0.2, -0.15) is 10.4 Å². The molecule has 6 nitrogen and oxygen atoms in total. The third-order valence-corrected chi connectivity index (χ3v) is 2.48. The van der Waals surface area contributed by atoms with Crippen LogP contribution in [-0.4, -0.2) is 34.0 Å². The van der Waals surface area contributed by atoms with Gasteiger partial charge in [-0.05, 0) is 13.8 Å². The van der Waals surface area contributed by atoms with Gasteiger partial charge in [-0.1, -0.05) is 0 Å². The van der Waals surface area contributed by atoms with Gasteiger partial charge in [0.05, 0.1) is 25.1 Å². The molecule has 0 bridgehead atoms. The third-order valence-electron chi connectivity index (χ3n) is 2.48. The minimum atomic E-state index is -0.926. The Kier molecular flexibility index (Phi) is 3.32. The maximum absolute atomic E-state index is 9.64. The van der Waals surface area contributed by atoms with Crippen LogP contribution in [0.4, 0.5) is 0 Å². The molecule has 2 aromatic heterocycles. The number of nitrogens with zero attached hydrogens (tertiary/aromatic N) is 3. The highest BCUT2D eigenvalue weighted by Crippen LogP contribution is 2.28. The predicted molar refractivity (Wildman–Crippen MR) is 68.3 cm³/mol. The molecular weight excluding hydrogens is 246 g/mol. The van der Waals surface area contributed by atoms with Crippen molar-refractivity contribution >= 4 is 5.52 Å². The fourth-order valence-electron chi connectivity index (χ4n) is 1.64. The zero-order chi connectivity index (χ0) is 14.0. The Morgan fingerprint density at radius 2 is 2.26 bits per heavy atom. The van der Waals surface area contributed by atoms with Crippen molar-refractivity contribution in [2.45, 2.75) is 19.4 Å². The van der Waals surface area contributed by atoms with Crippen LogP contribution >= 0.6 is 0 Å². The van der Waals surface area contributed by atoms with Crippen LogP contribution in [0, 0.1) is 11.3 Å². The molecule has 0 saturated carbocycles. The molecule has 0 spiro atoms. The lowest BCUT2D eigenvalue weighted by Crippen LogP contribution is -2.27. The molecular formula is C13H15N3O3. The van der Waals surface area contributed by atoms with E-state index in [1.807, 2.05) is 0 Å². The molecule has 100 valence electrons. The van der Waals surface area contributed by atoms with Crippen LogP contribution in [0.25, 0.3) is 5.52 Å². The van der Waals surface area contributed by atoms with Crippen LogP contribution in [0.15, 0.2) is 18.5 Å². The molecule has 0 atom stereocenters. The Bertz CT molecular complexity index is 635. The highest BCUT2D eigenvalue weighted by Gasteiger charge is 2.16. The van der Waals surface area contributed by atoms with E-state index in [0.29, 0.717) is 22.6 Å². The molecule has 0 unspecified atom stereocenters. The molecule has 0 aromatic carbocycles. The minimum Gasteiger partial charge on any atom is -0.494 e. The molecule has 0 saturated heterocycles. The van der Waals surface area contributed by atoms with E-state index in [4.69, 9.17) is 14.7 Å². The lowest BCUT2D eigenvalue weighted by molar-refractivity contribution is 0.0282. The molecule has 0 radical (unpaired) electrons. The predicted octanol–water partition coefficient (Wildman–Crippen LogP) is 1.36. The molecule has 0 aliphatic rings. The molecule has 0 fully saturated rings. The smallest absolute Gasteiger partial charge is 0.149 e. The number of methoxy groups -OCH3 is 1. The molecule has 19 heavy (non-hydrogen) atoms. The van der Waals surface area contributed by atoms with Crippen molar-refractivity contribution in [3.05, 3.63) is 24.0 Å². The topological polar surface area (TPSA) is 79.8 Å². The molecule has 0 aliphatic carbocycles. The third kappa shape index (κ3) is 2.77. The summed E-state index contributed by atoms with van der Waals surface area (Å²) in [4.78, 5) is 0. The number of pyridine rings is 1. The Morgan fingerprint density at radius 3 is 2.84 bits per heavy atom. The van der Waals surface area contributed by atoms with E-state index in [-0.39, 0.29) is 6.61 Å². The summed E-state index contributed by atoms with van der Waals surface area (Å²) in [5.41, 5.74) is 0.107. The quantitative estimate of drug-likeness (QED) is 0.899. The number of aromatic nitrogens is 2. The Balaban J connectivity index is 2.41. The van der Waals surface area contributed by atoms with Gasteiger partial charge in [0.25, 0.3) is 0 Å². The van der Waals surface area contributed by atoms with E-state index in [1.165, 1.54) is 17.8 Å². The van der Waals surface area contributed by atoms with E-state index >= 15 is 0 Å². The average Bonchev–Trinajstić information content (AvgIpc) is 2.77. The average molecular weight is 261 g/mol. The zero-order valence-corrected chi connectivity index (χ0v) is 11.0. The number of aliphatic hydroxyl groups is 1.